The molecule has 6 heteroatoms. The van der Waals surface area contributed by atoms with E-state index in [1.807, 2.05) is 0 Å². The van der Waals surface area contributed by atoms with Crippen molar-refractivity contribution < 1.29 is 9.59 Å². The fourth-order valence-corrected chi connectivity index (χ4v) is 3.54. The molecule has 1 aliphatic heterocycles. The summed E-state index contributed by atoms with van der Waals surface area (Å²) in [5.74, 6) is 0.0122. The number of nitrogens with one attached hydrogen (secondary N) is 3. The van der Waals surface area contributed by atoms with Crippen molar-refractivity contribution in [3.05, 3.63) is 23.2 Å². The van der Waals surface area contributed by atoms with E-state index in [0.717, 1.165) is 32.4 Å². The van der Waals surface area contributed by atoms with E-state index in [-0.39, 0.29) is 23.1 Å². The van der Waals surface area contributed by atoms with Crippen LogP contribution in [-0.4, -0.2) is 24.9 Å². The zero-order valence-corrected chi connectivity index (χ0v) is 13.3. The lowest BCUT2D eigenvalue weighted by Crippen LogP contribution is -2.31. The molecule has 1 saturated carbocycles. The van der Waals surface area contributed by atoms with Crippen LogP contribution in [-0.2, 0) is 9.59 Å². The molecule has 0 aromatic heterocycles. The lowest BCUT2D eigenvalue weighted by Gasteiger charge is -2.23. The Hall–Kier alpha value is -1.59. The normalized spacial score (nSPS) is 22.2. The molecular weight excluding hydrogens is 302 g/mol. The van der Waals surface area contributed by atoms with Crippen LogP contribution < -0.4 is 16.0 Å². The van der Waals surface area contributed by atoms with E-state index < -0.39 is 0 Å². The number of benzene rings is 1. The van der Waals surface area contributed by atoms with Gasteiger partial charge in [0.2, 0.25) is 11.8 Å². The predicted octanol–water partition coefficient (Wildman–Crippen LogP) is 2.63. The molecule has 22 heavy (non-hydrogen) atoms. The minimum Gasteiger partial charge on any atom is -0.326 e. The summed E-state index contributed by atoms with van der Waals surface area (Å²) in [7, 11) is 0. The zero-order valence-electron chi connectivity index (χ0n) is 12.5. The minimum atomic E-state index is -0.176. The zero-order chi connectivity index (χ0) is 15.7. The Morgan fingerprint density at radius 2 is 2.00 bits per heavy atom. The van der Waals surface area contributed by atoms with E-state index >= 15 is 0 Å². The van der Waals surface area contributed by atoms with Gasteiger partial charge in [0.15, 0.2) is 0 Å². The Morgan fingerprint density at radius 3 is 2.64 bits per heavy atom. The molecule has 0 radical (unpaired) electrons. The average molecular weight is 322 g/mol. The van der Waals surface area contributed by atoms with Gasteiger partial charge in [0.25, 0.3) is 0 Å². The van der Waals surface area contributed by atoms with E-state index in [9.17, 15) is 9.59 Å². The SMILES string of the molecule is CC(=O)Nc1ccc(NC(=O)C2CC23CCNCC3)cc1Cl. The highest BCUT2D eigenvalue weighted by molar-refractivity contribution is 6.34. The molecule has 1 aromatic rings. The largest absolute Gasteiger partial charge is 0.326 e. The molecule has 2 amide bonds. The van der Waals surface area contributed by atoms with Gasteiger partial charge in [-0.2, -0.15) is 0 Å². The third-order valence-electron chi connectivity index (χ3n) is 4.65. The summed E-state index contributed by atoms with van der Waals surface area (Å²) in [4.78, 5) is 23.4. The monoisotopic (exact) mass is 321 g/mol. The predicted molar refractivity (Wildman–Crippen MR) is 87.0 cm³/mol. The van der Waals surface area contributed by atoms with Gasteiger partial charge in [-0.05, 0) is 56.0 Å². The molecule has 2 aliphatic rings. The lowest BCUT2D eigenvalue weighted by molar-refractivity contribution is -0.118. The summed E-state index contributed by atoms with van der Waals surface area (Å²) in [6, 6.07) is 5.13. The van der Waals surface area contributed by atoms with Crippen molar-refractivity contribution in [3.63, 3.8) is 0 Å². The van der Waals surface area contributed by atoms with Gasteiger partial charge >= 0.3 is 0 Å². The molecule has 118 valence electrons. The summed E-state index contributed by atoms with van der Waals surface area (Å²) >= 11 is 6.12. The molecule has 1 aliphatic carbocycles. The first-order chi connectivity index (χ1) is 10.5. The number of amides is 2. The number of hydrogen-bond donors (Lipinski definition) is 3. The second-order valence-corrected chi connectivity index (χ2v) is 6.64. The molecule has 0 bridgehead atoms. The first-order valence-corrected chi connectivity index (χ1v) is 7.97. The van der Waals surface area contributed by atoms with Gasteiger partial charge in [-0.3, -0.25) is 9.59 Å². The van der Waals surface area contributed by atoms with E-state index in [1.54, 1.807) is 18.2 Å². The summed E-state index contributed by atoms with van der Waals surface area (Å²) in [5, 5.41) is 9.34. The Bertz CT molecular complexity index is 611. The first kappa shape index (κ1) is 15.3. The highest BCUT2D eigenvalue weighted by Gasteiger charge is 2.57. The highest BCUT2D eigenvalue weighted by atomic mass is 35.5. The molecular formula is C16H20ClN3O2. The Morgan fingerprint density at radius 1 is 1.27 bits per heavy atom. The maximum Gasteiger partial charge on any atom is 0.228 e. The van der Waals surface area contributed by atoms with Crippen LogP contribution in [0.2, 0.25) is 5.02 Å². The Kier molecular flexibility index (Phi) is 4.10. The van der Waals surface area contributed by atoms with Gasteiger partial charge in [-0.25, -0.2) is 0 Å². The van der Waals surface area contributed by atoms with E-state index in [0.29, 0.717) is 16.4 Å². The van der Waals surface area contributed by atoms with Crippen molar-refractivity contribution >= 4 is 34.8 Å². The number of carbonyl (C=O) groups excluding carboxylic acids is 2. The second-order valence-electron chi connectivity index (χ2n) is 6.23. The van der Waals surface area contributed by atoms with Crippen molar-refractivity contribution in [2.75, 3.05) is 23.7 Å². The van der Waals surface area contributed by atoms with Gasteiger partial charge in [-0.1, -0.05) is 11.6 Å². The molecule has 1 spiro atoms. The molecule has 1 atom stereocenters. The van der Waals surface area contributed by atoms with Crippen LogP contribution in [0, 0.1) is 11.3 Å². The van der Waals surface area contributed by atoms with Gasteiger partial charge in [0.05, 0.1) is 10.7 Å². The Balaban J connectivity index is 1.63. The highest BCUT2D eigenvalue weighted by Crippen LogP contribution is 2.58. The maximum atomic E-state index is 12.4. The number of carbonyl (C=O) groups is 2. The third kappa shape index (κ3) is 3.10. The quantitative estimate of drug-likeness (QED) is 0.801. The number of rotatable bonds is 3. The van der Waals surface area contributed by atoms with Crippen LogP contribution in [0.3, 0.4) is 0 Å². The van der Waals surface area contributed by atoms with Gasteiger partial charge in [0.1, 0.15) is 0 Å². The minimum absolute atomic E-state index is 0.0743. The van der Waals surface area contributed by atoms with E-state index in [2.05, 4.69) is 16.0 Å². The van der Waals surface area contributed by atoms with Crippen LogP contribution in [0.25, 0.3) is 0 Å². The molecule has 5 nitrogen and oxygen atoms in total. The lowest BCUT2D eigenvalue weighted by atomic mass is 9.92. The van der Waals surface area contributed by atoms with E-state index in [4.69, 9.17) is 11.6 Å². The van der Waals surface area contributed by atoms with Crippen molar-refractivity contribution in [1.29, 1.82) is 0 Å². The van der Waals surface area contributed by atoms with Crippen LogP contribution in [0.1, 0.15) is 26.2 Å². The van der Waals surface area contributed by atoms with Crippen LogP contribution in [0.15, 0.2) is 18.2 Å². The third-order valence-corrected chi connectivity index (χ3v) is 4.97. The van der Waals surface area contributed by atoms with Crippen LogP contribution in [0.4, 0.5) is 11.4 Å². The summed E-state index contributed by atoms with van der Waals surface area (Å²) in [6.45, 7) is 3.43. The summed E-state index contributed by atoms with van der Waals surface area (Å²) in [6.07, 6.45) is 3.14. The molecule has 1 unspecified atom stereocenters. The molecule has 3 N–H and O–H groups in total. The van der Waals surface area contributed by atoms with Gasteiger partial charge in [0, 0.05) is 18.5 Å². The van der Waals surface area contributed by atoms with Crippen molar-refractivity contribution in [3.8, 4) is 0 Å². The van der Waals surface area contributed by atoms with E-state index in [1.165, 1.54) is 6.92 Å². The molecule has 1 saturated heterocycles. The molecule has 1 aromatic carbocycles. The first-order valence-electron chi connectivity index (χ1n) is 7.59. The summed E-state index contributed by atoms with van der Waals surface area (Å²) < 4.78 is 0. The number of hydrogen-bond acceptors (Lipinski definition) is 3. The number of halogens is 1. The topological polar surface area (TPSA) is 70.2 Å². The number of anilines is 2. The molecule has 2 fully saturated rings. The molecule has 3 rings (SSSR count). The standard InChI is InChI=1S/C16H20ClN3O2/c1-10(21)19-14-3-2-11(8-13(14)17)20-15(22)12-9-16(12)4-6-18-7-5-16/h2-3,8,12,18H,4-7,9H2,1H3,(H,19,21)(H,20,22). The second kappa shape index (κ2) is 5.89. The van der Waals surface area contributed by atoms with Crippen LogP contribution in [0.5, 0.6) is 0 Å². The molecule has 1 heterocycles. The Labute approximate surface area is 134 Å². The van der Waals surface area contributed by atoms with Gasteiger partial charge in [-0.15, -0.1) is 0 Å². The fraction of sp³-hybridized carbons (Fsp3) is 0.500. The summed E-state index contributed by atoms with van der Waals surface area (Å²) in [5.41, 5.74) is 1.43. The number of piperidine rings is 1. The maximum absolute atomic E-state index is 12.4. The van der Waals surface area contributed by atoms with Crippen molar-refractivity contribution in [2.24, 2.45) is 11.3 Å². The fourth-order valence-electron chi connectivity index (χ4n) is 3.31. The smallest absolute Gasteiger partial charge is 0.228 e. The van der Waals surface area contributed by atoms with Crippen molar-refractivity contribution in [1.82, 2.24) is 5.32 Å². The van der Waals surface area contributed by atoms with Crippen LogP contribution >= 0.6 is 11.6 Å². The average Bonchev–Trinajstić information content (AvgIpc) is 3.16. The van der Waals surface area contributed by atoms with Gasteiger partial charge < -0.3 is 16.0 Å². The van der Waals surface area contributed by atoms with Crippen molar-refractivity contribution in [2.45, 2.75) is 26.2 Å².